The number of halogens is 3. The molecule has 1 aromatic heterocycles. The molecule has 1 fully saturated rings. The number of rotatable bonds is 4. The van der Waals surface area contributed by atoms with Crippen LogP contribution in [0.4, 0.5) is 19.0 Å². The van der Waals surface area contributed by atoms with Crippen molar-refractivity contribution in [1.82, 2.24) is 15.1 Å². The van der Waals surface area contributed by atoms with E-state index in [0.717, 1.165) is 43.6 Å². The topological polar surface area (TPSA) is 61.3 Å². The quantitative estimate of drug-likeness (QED) is 0.851. The maximum absolute atomic E-state index is 12.9. The number of nitrogens with one attached hydrogen (secondary N) is 1. The first-order valence-corrected chi connectivity index (χ1v) is 8.88. The highest BCUT2D eigenvalue weighted by molar-refractivity contribution is 5.68. The van der Waals surface area contributed by atoms with Gasteiger partial charge < -0.3 is 15.3 Å². The smallest absolute Gasteiger partial charge is 0.392 e. The van der Waals surface area contributed by atoms with Crippen LogP contribution in [0.5, 0.6) is 0 Å². The Labute approximate surface area is 156 Å². The van der Waals surface area contributed by atoms with E-state index in [-0.39, 0.29) is 5.56 Å². The number of anilines is 1. The summed E-state index contributed by atoms with van der Waals surface area (Å²) in [5.41, 5.74) is 1.10. The molecule has 0 unspecified atom stereocenters. The standard InChI is InChI=1S/C19H23F3N4O/c1-12-8-17(23-15-4-3-7-26(2)10-15)24-25-18(12)16-6-5-14(19(20,21)22)9-13(16)11-27/h5-6,8-9,15,27H,3-4,7,10-11H2,1-2H3,(H,23,24)/t15-/m1/s1. The van der Waals surface area contributed by atoms with Crippen LogP contribution >= 0.6 is 0 Å². The zero-order valence-electron chi connectivity index (χ0n) is 15.3. The number of alkyl halides is 3. The molecule has 0 amide bonds. The van der Waals surface area contributed by atoms with Crippen molar-refractivity contribution < 1.29 is 18.3 Å². The number of aromatic nitrogens is 2. The summed E-state index contributed by atoms with van der Waals surface area (Å²) in [6, 6.07) is 5.44. The van der Waals surface area contributed by atoms with Crippen LogP contribution in [0.1, 0.15) is 29.5 Å². The Balaban J connectivity index is 1.85. The first kappa shape index (κ1) is 19.6. The molecule has 0 aliphatic carbocycles. The summed E-state index contributed by atoms with van der Waals surface area (Å²) in [5.74, 6) is 0.647. The molecule has 8 heteroatoms. The number of hydrogen-bond acceptors (Lipinski definition) is 5. The van der Waals surface area contributed by atoms with E-state index in [1.54, 1.807) is 0 Å². The molecule has 5 nitrogen and oxygen atoms in total. The second-order valence-electron chi connectivity index (χ2n) is 7.03. The third-order valence-electron chi connectivity index (χ3n) is 4.82. The fraction of sp³-hybridized carbons (Fsp3) is 0.474. The van der Waals surface area contributed by atoms with Gasteiger partial charge in [0.25, 0.3) is 0 Å². The summed E-state index contributed by atoms with van der Waals surface area (Å²) in [6.07, 6.45) is -2.28. The average molecular weight is 380 g/mol. The Hall–Kier alpha value is -2.19. The molecule has 2 aromatic rings. The number of likely N-dealkylation sites (N-methyl/N-ethyl adjacent to an activating group) is 1. The number of hydrogen-bond donors (Lipinski definition) is 2. The first-order valence-electron chi connectivity index (χ1n) is 8.88. The highest BCUT2D eigenvalue weighted by Gasteiger charge is 2.31. The van der Waals surface area contributed by atoms with Gasteiger partial charge in [0.1, 0.15) is 5.82 Å². The van der Waals surface area contributed by atoms with Crippen LogP contribution in [0.2, 0.25) is 0 Å². The number of aliphatic hydroxyl groups excluding tert-OH is 1. The summed E-state index contributed by atoms with van der Waals surface area (Å²) in [6.45, 7) is 3.34. The Kier molecular flexibility index (Phi) is 5.67. The molecular weight excluding hydrogens is 357 g/mol. The van der Waals surface area contributed by atoms with Crippen LogP contribution < -0.4 is 5.32 Å². The van der Waals surface area contributed by atoms with E-state index in [4.69, 9.17) is 0 Å². The first-order chi connectivity index (χ1) is 12.8. The van der Waals surface area contributed by atoms with Gasteiger partial charge in [-0.15, -0.1) is 10.2 Å². The number of likely N-dealkylation sites (tertiary alicyclic amines) is 1. The SMILES string of the molecule is Cc1cc(N[C@@H]2CCCN(C)C2)nnc1-c1ccc(C(F)(F)F)cc1CO. The third kappa shape index (κ3) is 4.56. The van der Waals surface area contributed by atoms with Crippen LogP contribution in [-0.4, -0.2) is 46.4 Å². The van der Waals surface area contributed by atoms with Crippen molar-refractivity contribution in [2.75, 3.05) is 25.5 Å². The minimum atomic E-state index is -4.45. The minimum absolute atomic E-state index is 0.178. The van der Waals surface area contributed by atoms with Gasteiger partial charge in [-0.1, -0.05) is 6.07 Å². The van der Waals surface area contributed by atoms with Crippen LogP contribution in [0.15, 0.2) is 24.3 Å². The predicted octanol–water partition coefficient (Wildman–Crippen LogP) is 3.47. The maximum Gasteiger partial charge on any atom is 0.416 e. The Bertz CT molecular complexity index is 810. The van der Waals surface area contributed by atoms with E-state index >= 15 is 0 Å². The van der Waals surface area contributed by atoms with Crippen molar-refractivity contribution in [1.29, 1.82) is 0 Å². The van der Waals surface area contributed by atoms with Crippen LogP contribution in [-0.2, 0) is 12.8 Å². The molecule has 1 atom stereocenters. The molecule has 146 valence electrons. The van der Waals surface area contributed by atoms with Crippen molar-refractivity contribution in [2.45, 2.75) is 38.6 Å². The van der Waals surface area contributed by atoms with Crippen LogP contribution in [0.3, 0.4) is 0 Å². The third-order valence-corrected chi connectivity index (χ3v) is 4.82. The molecule has 0 saturated carbocycles. The highest BCUT2D eigenvalue weighted by atomic mass is 19.4. The molecule has 1 aliphatic rings. The Morgan fingerprint density at radius 1 is 1.26 bits per heavy atom. The second-order valence-corrected chi connectivity index (χ2v) is 7.03. The molecule has 0 radical (unpaired) electrons. The van der Waals surface area contributed by atoms with Gasteiger partial charge in [0, 0.05) is 18.2 Å². The molecule has 1 aromatic carbocycles. The summed E-state index contributed by atoms with van der Waals surface area (Å²) in [7, 11) is 2.08. The van der Waals surface area contributed by atoms with Crippen molar-refractivity contribution in [2.24, 2.45) is 0 Å². The maximum atomic E-state index is 12.9. The van der Waals surface area contributed by atoms with Crippen molar-refractivity contribution in [3.05, 3.63) is 41.0 Å². The predicted molar refractivity (Wildman–Crippen MR) is 97.3 cm³/mol. The van der Waals surface area contributed by atoms with E-state index in [9.17, 15) is 18.3 Å². The van der Waals surface area contributed by atoms with Gasteiger partial charge in [0.2, 0.25) is 0 Å². The molecule has 27 heavy (non-hydrogen) atoms. The van der Waals surface area contributed by atoms with Crippen LogP contribution in [0.25, 0.3) is 11.3 Å². The zero-order chi connectivity index (χ0) is 19.6. The van der Waals surface area contributed by atoms with E-state index in [0.29, 0.717) is 23.1 Å². The van der Waals surface area contributed by atoms with E-state index < -0.39 is 18.3 Å². The molecule has 0 bridgehead atoms. The van der Waals surface area contributed by atoms with Crippen molar-refractivity contribution in [3.8, 4) is 11.3 Å². The number of aliphatic hydroxyl groups is 1. The number of nitrogens with zero attached hydrogens (tertiary/aromatic N) is 3. The summed E-state index contributed by atoms with van der Waals surface area (Å²) in [5, 5.41) is 21.3. The molecular formula is C19H23F3N4O. The molecule has 3 rings (SSSR count). The number of piperidine rings is 1. The lowest BCUT2D eigenvalue weighted by molar-refractivity contribution is -0.137. The van der Waals surface area contributed by atoms with Gasteiger partial charge in [0.15, 0.2) is 0 Å². The van der Waals surface area contributed by atoms with E-state index in [2.05, 4.69) is 27.5 Å². The average Bonchev–Trinajstić information content (AvgIpc) is 2.61. The summed E-state index contributed by atoms with van der Waals surface area (Å²) >= 11 is 0. The van der Waals surface area contributed by atoms with Crippen molar-refractivity contribution in [3.63, 3.8) is 0 Å². The molecule has 2 N–H and O–H groups in total. The van der Waals surface area contributed by atoms with Gasteiger partial charge in [-0.05, 0) is 62.7 Å². The Morgan fingerprint density at radius 2 is 2.04 bits per heavy atom. The van der Waals surface area contributed by atoms with Crippen LogP contribution in [0, 0.1) is 6.92 Å². The van der Waals surface area contributed by atoms with E-state index in [1.165, 1.54) is 6.07 Å². The van der Waals surface area contributed by atoms with E-state index in [1.807, 2.05) is 13.0 Å². The fourth-order valence-electron chi connectivity index (χ4n) is 3.45. The lowest BCUT2D eigenvalue weighted by atomic mass is 9.99. The summed E-state index contributed by atoms with van der Waals surface area (Å²) in [4.78, 5) is 2.26. The largest absolute Gasteiger partial charge is 0.416 e. The number of benzene rings is 1. The van der Waals surface area contributed by atoms with Gasteiger partial charge in [-0.3, -0.25) is 0 Å². The van der Waals surface area contributed by atoms with Gasteiger partial charge in [-0.25, -0.2) is 0 Å². The van der Waals surface area contributed by atoms with Gasteiger partial charge in [-0.2, -0.15) is 13.2 Å². The molecule has 0 spiro atoms. The van der Waals surface area contributed by atoms with Crippen molar-refractivity contribution >= 4 is 5.82 Å². The minimum Gasteiger partial charge on any atom is -0.392 e. The highest BCUT2D eigenvalue weighted by Crippen LogP contribution is 2.34. The normalized spacial score (nSPS) is 18.5. The molecule has 2 heterocycles. The second kappa shape index (κ2) is 7.82. The van der Waals surface area contributed by atoms with Gasteiger partial charge in [0.05, 0.1) is 17.9 Å². The Morgan fingerprint density at radius 3 is 2.67 bits per heavy atom. The number of aryl methyl sites for hydroxylation is 1. The zero-order valence-corrected chi connectivity index (χ0v) is 15.3. The monoisotopic (exact) mass is 380 g/mol. The lowest BCUT2D eigenvalue weighted by Gasteiger charge is -2.30. The lowest BCUT2D eigenvalue weighted by Crippen LogP contribution is -2.39. The molecule has 1 saturated heterocycles. The molecule has 1 aliphatic heterocycles. The summed E-state index contributed by atoms with van der Waals surface area (Å²) < 4.78 is 38.7. The van der Waals surface area contributed by atoms with Gasteiger partial charge >= 0.3 is 6.18 Å². The fourth-order valence-corrected chi connectivity index (χ4v) is 3.45.